The molecule has 3 heteroatoms. The van der Waals surface area contributed by atoms with Crippen LogP contribution >= 0.6 is 0 Å². The lowest BCUT2D eigenvalue weighted by molar-refractivity contribution is 0.202. The summed E-state index contributed by atoms with van der Waals surface area (Å²) in [7, 11) is 1.73. The van der Waals surface area contributed by atoms with Gasteiger partial charge in [-0.1, -0.05) is 18.6 Å². The van der Waals surface area contributed by atoms with E-state index in [1.54, 1.807) is 7.11 Å². The topological polar surface area (TPSA) is 30.5 Å². The van der Waals surface area contributed by atoms with E-state index >= 15 is 0 Å². The van der Waals surface area contributed by atoms with Gasteiger partial charge in [0.05, 0.1) is 13.2 Å². The first-order valence-corrected chi connectivity index (χ1v) is 7.32. The number of piperidine rings is 1. The molecule has 1 aliphatic rings. The lowest BCUT2D eigenvalue weighted by Gasteiger charge is -2.23. The minimum absolute atomic E-state index is 0.648. The fourth-order valence-electron chi connectivity index (χ4n) is 2.46. The zero-order chi connectivity index (χ0) is 13.3. The summed E-state index contributed by atoms with van der Waals surface area (Å²) in [5.41, 5.74) is 1.29. The Hall–Kier alpha value is -1.06. The zero-order valence-electron chi connectivity index (χ0n) is 11.9. The second-order valence-electron chi connectivity index (χ2n) is 5.17. The van der Waals surface area contributed by atoms with E-state index < -0.39 is 0 Å². The molecule has 0 amide bonds. The molecule has 0 aliphatic carbocycles. The summed E-state index contributed by atoms with van der Waals surface area (Å²) in [6, 6.07) is 8.99. The molecule has 0 spiro atoms. The first-order chi connectivity index (χ1) is 9.38. The molecule has 19 heavy (non-hydrogen) atoms. The largest absolute Gasteiger partial charge is 0.494 e. The first-order valence-electron chi connectivity index (χ1n) is 7.32. The van der Waals surface area contributed by atoms with Gasteiger partial charge in [0.15, 0.2) is 0 Å². The molecule has 1 atom stereocenters. The van der Waals surface area contributed by atoms with Crippen LogP contribution in [0, 0.1) is 0 Å². The number of hydrogen-bond donors (Lipinski definition) is 1. The highest BCUT2D eigenvalue weighted by Gasteiger charge is 2.11. The van der Waals surface area contributed by atoms with Gasteiger partial charge >= 0.3 is 0 Å². The Labute approximate surface area is 116 Å². The molecule has 1 fully saturated rings. The lowest BCUT2D eigenvalue weighted by Crippen LogP contribution is -2.35. The van der Waals surface area contributed by atoms with E-state index in [1.165, 1.54) is 31.4 Å². The summed E-state index contributed by atoms with van der Waals surface area (Å²) < 4.78 is 10.9. The fraction of sp³-hybridized carbons (Fsp3) is 0.625. The van der Waals surface area contributed by atoms with E-state index in [0.29, 0.717) is 6.04 Å². The van der Waals surface area contributed by atoms with Crippen molar-refractivity contribution in [2.75, 3.05) is 26.9 Å². The van der Waals surface area contributed by atoms with Crippen molar-refractivity contribution in [3.63, 3.8) is 0 Å². The molecule has 1 aromatic carbocycles. The van der Waals surface area contributed by atoms with Crippen LogP contribution in [0.15, 0.2) is 24.3 Å². The van der Waals surface area contributed by atoms with Gasteiger partial charge in [-0.15, -0.1) is 0 Å². The Balaban J connectivity index is 1.67. The van der Waals surface area contributed by atoms with Gasteiger partial charge in [0.25, 0.3) is 0 Å². The van der Waals surface area contributed by atoms with Gasteiger partial charge in [-0.25, -0.2) is 0 Å². The number of hydrogen-bond acceptors (Lipinski definition) is 3. The van der Waals surface area contributed by atoms with Gasteiger partial charge in [-0.3, -0.25) is 0 Å². The zero-order valence-corrected chi connectivity index (χ0v) is 11.9. The third kappa shape index (κ3) is 5.21. The normalized spacial score (nSPS) is 19.3. The number of rotatable bonds is 7. The summed E-state index contributed by atoms with van der Waals surface area (Å²) >= 11 is 0. The van der Waals surface area contributed by atoms with Crippen LogP contribution in [0.25, 0.3) is 0 Å². The van der Waals surface area contributed by atoms with Crippen LogP contribution in [0.2, 0.25) is 0 Å². The lowest BCUT2D eigenvalue weighted by atomic mass is 10.0. The Bertz CT molecular complexity index is 344. The molecule has 0 unspecified atom stereocenters. The van der Waals surface area contributed by atoms with Crippen molar-refractivity contribution in [1.29, 1.82) is 0 Å². The SMILES string of the molecule is COCCc1ccc(OCC[C@@H]2CCCCN2)cc1. The molecule has 3 nitrogen and oxygen atoms in total. The molecule has 1 heterocycles. The Kier molecular flexibility index (Phi) is 6.18. The van der Waals surface area contributed by atoms with Crippen molar-refractivity contribution in [2.24, 2.45) is 0 Å². The monoisotopic (exact) mass is 263 g/mol. The Morgan fingerprint density at radius 2 is 2.00 bits per heavy atom. The molecule has 1 N–H and O–H groups in total. The van der Waals surface area contributed by atoms with E-state index in [4.69, 9.17) is 9.47 Å². The van der Waals surface area contributed by atoms with Gasteiger partial charge in [0, 0.05) is 13.2 Å². The van der Waals surface area contributed by atoms with E-state index in [1.807, 2.05) is 0 Å². The third-order valence-corrected chi connectivity index (χ3v) is 3.67. The molecule has 1 saturated heterocycles. The second-order valence-corrected chi connectivity index (χ2v) is 5.17. The molecule has 0 bridgehead atoms. The quantitative estimate of drug-likeness (QED) is 0.820. The number of nitrogens with one attached hydrogen (secondary N) is 1. The second kappa shape index (κ2) is 8.18. The molecule has 1 aliphatic heterocycles. The van der Waals surface area contributed by atoms with Crippen LogP contribution in [-0.4, -0.2) is 32.9 Å². The van der Waals surface area contributed by atoms with Crippen molar-refractivity contribution in [3.8, 4) is 5.75 Å². The average Bonchev–Trinajstić information content (AvgIpc) is 2.47. The smallest absolute Gasteiger partial charge is 0.119 e. The summed E-state index contributed by atoms with van der Waals surface area (Å²) in [4.78, 5) is 0. The van der Waals surface area contributed by atoms with Crippen LogP contribution in [0.3, 0.4) is 0 Å². The molecule has 0 aromatic heterocycles. The highest BCUT2D eigenvalue weighted by molar-refractivity contribution is 5.27. The fourth-order valence-corrected chi connectivity index (χ4v) is 2.46. The molecule has 106 valence electrons. The van der Waals surface area contributed by atoms with Crippen LogP contribution < -0.4 is 10.1 Å². The summed E-state index contributed by atoms with van der Waals surface area (Å²) in [6.45, 7) is 2.74. The van der Waals surface area contributed by atoms with Crippen molar-refractivity contribution in [3.05, 3.63) is 29.8 Å². The standard InChI is InChI=1S/C16H25NO2/c1-18-12-9-14-5-7-16(8-6-14)19-13-10-15-4-2-3-11-17-15/h5-8,15,17H,2-4,9-13H2,1H3/t15-/m0/s1. The Morgan fingerprint density at radius 3 is 2.68 bits per heavy atom. The minimum atomic E-state index is 0.648. The van der Waals surface area contributed by atoms with Gasteiger partial charge in [0.1, 0.15) is 5.75 Å². The third-order valence-electron chi connectivity index (χ3n) is 3.67. The molecule has 0 saturated carbocycles. The van der Waals surface area contributed by atoms with E-state index in [2.05, 4.69) is 29.6 Å². The molecule has 1 aromatic rings. The molecular formula is C16H25NO2. The molecule has 0 radical (unpaired) electrons. The van der Waals surface area contributed by atoms with Gasteiger partial charge < -0.3 is 14.8 Å². The van der Waals surface area contributed by atoms with Crippen LogP contribution in [0.5, 0.6) is 5.75 Å². The summed E-state index contributed by atoms with van der Waals surface area (Å²) in [6.07, 6.45) is 6.03. The Morgan fingerprint density at radius 1 is 1.16 bits per heavy atom. The predicted molar refractivity (Wildman–Crippen MR) is 77.8 cm³/mol. The maximum Gasteiger partial charge on any atom is 0.119 e. The predicted octanol–water partition coefficient (Wildman–Crippen LogP) is 2.79. The van der Waals surface area contributed by atoms with Crippen molar-refractivity contribution < 1.29 is 9.47 Å². The van der Waals surface area contributed by atoms with E-state index in [0.717, 1.165) is 31.8 Å². The van der Waals surface area contributed by atoms with E-state index in [-0.39, 0.29) is 0 Å². The number of methoxy groups -OCH3 is 1. The van der Waals surface area contributed by atoms with Gasteiger partial charge in [-0.05, 0) is 49.9 Å². The van der Waals surface area contributed by atoms with Gasteiger partial charge in [-0.2, -0.15) is 0 Å². The maximum absolute atomic E-state index is 5.80. The van der Waals surface area contributed by atoms with Crippen molar-refractivity contribution >= 4 is 0 Å². The molecule has 2 rings (SSSR count). The average molecular weight is 263 g/mol. The van der Waals surface area contributed by atoms with Crippen LogP contribution in [-0.2, 0) is 11.2 Å². The highest BCUT2D eigenvalue weighted by atomic mass is 16.5. The van der Waals surface area contributed by atoms with Crippen LogP contribution in [0.1, 0.15) is 31.2 Å². The van der Waals surface area contributed by atoms with Gasteiger partial charge in [0.2, 0.25) is 0 Å². The van der Waals surface area contributed by atoms with E-state index in [9.17, 15) is 0 Å². The van der Waals surface area contributed by atoms with Crippen molar-refractivity contribution in [1.82, 2.24) is 5.32 Å². The minimum Gasteiger partial charge on any atom is -0.494 e. The molecular weight excluding hydrogens is 238 g/mol. The number of benzene rings is 1. The van der Waals surface area contributed by atoms with Crippen molar-refractivity contribution in [2.45, 2.75) is 38.1 Å². The number of ether oxygens (including phenoxy) is 2. The maximum atomic E-state index is 5.80. The van der Waals surface area contributed by atoms with Crippen LogP contribution in [0.4, 0.5) is 0 Å². The first kappa shape index (κ1) is 14.4. The highest BCUT2D eigenvalue weighted by Crippen LogP contribution is 2.15. The summed E-state index contributed by atoms with van der Waals surface area (Å²) in [5, 5.41) is 3.54. The summed E-state index contributed by atoms with van der Waals surface area (Å²) in [5.74, 6) is 0.969.